The Bertz CT molecular complexity index is 352. The molecule has 0 amide bonds. The normalized spacial score (nSPS) is 16.1. The Balaban J connectivity index is 5.05. The van der Waals surface area contributed by atoms with E-state index < -0.39 is 16.3 Å². The van der Waals surface area contributed by atoms with Crippen molar-refractivity contribution in [2.75, 3.05) is 14.1 Å². The van der Waals surface area contributed by atoms with Crippen molar-refractivity contribution in [3.05, 3.63) is 0 Å². The zero-order valence-corrected chi connectivity index (χ0v) is 11.1. The van der Waals surface area contributed by atoms with Gasteiger partial charge >= 0.3 is 0 Å². The zero-order valence-electron chi connectivity index (χ0n) is 10.2. The van der Waals surface area contributed by atoms with Crippen molar-refractivity contribution in [3.63, 3.8) is 0 Å². The zero-order chi connectivity index (χ0) is 13.1. The van der Waals surface area contributed by atoms with E-state index in [1.165, 1.54) is 18.4 Å². The molecule has 0 aliphatic heterocycles. The Hall–Kier alpha value is -0.860. The maximum Gasteiger partial charge on any atom is 0.282 e. The summed E-state index contributed by atoms with van der Waals surface area (Å²) in [6, 6.07) is -0.858. The van der Waals surface area contributed by atoms with Gasteiger partial charge in [0.05, 0.1) is 6.04 Å². The van der Waals surface area contributed by atoms with Gasteiger partial charge in [0.2, 0.25) is 0 Å². The van der Waals surface area contributed by atoms with E-state index in [-0.39, 0.29) is 11.9 Å². The summed E-state index contributed by atoms with van der Waals surface area (Å²) >= 11 is 0. The standard InChI is InChI=1S/C8H20N4O3S/c1-6(2)11(4)16(14,15)12(5)7(3)8(9)10-13/h6-7,13H,1-5H3,(H2,9,10). The highest BCUT2D eigenvalue weighted by Gasteiger charge is 2.30. The summed E-state index contributed by atoms with van der Waals surface area (Å²) < 4.78 is 26.3. The Morgan fingerprint density at radius 2 is 1.69 bits per heavy atom. The molecule has 0 aromatic rings. The summed E-state index contributed by atoms with van der Waals surface area (Å²) in [5, 5.41) is 11.3. The van der Waals surface area contributed by atoms with Crippen molar-refractivity contribution in [1.82, 2.24) is 8.61 Å². The van der Waals surface area contributed by atoms with Crippen LogP contribution in [0, 0.1) is 0 Å². The molecule has 0 fully saturated rings. The van der Waals surface area contributed by atoms with Crippen molar-refractivity contribution in [2.45, 2.75) is 32.9 Å². The third-order valence-electron chi connectivity index (χ3n) is 2.54. The number of nitrogens with two attached hydrogens (primary N) is 1. The van der Waals surface area contributed by atoms with Gasteiger partial charge in [-0.1, -0.05) is 5.16 Å². The number of nitrogens with zero attached hydrogens (tertiary/aromatic N) is 3. The molecule has 8 heteroatoms. The molecule has 0 aliphatic carbocycles. The van der Waals surface area contributed by atoms with E-state index in [2.05, 4.69) is 5.16 Å². The number of likely N-dealkylation sites (N-methyl/N-ethyl adjacent to an activating group) is 1. The molecule has 3 N–H and O–H groups in total. The molecule has 0 rings (SSSR count). The lowest BCUT2D eigenvalue weighted by atomic mass is 10.3. The molecule has 0 bridgehead atoms. The molecule has 1 unspecified atom stereocenters. The first-order valence-corrected chi connectivity index (χ1v) is 6.24. The van der Waals surface area contributed by atoms with E-state index in [0.717, 1.165) is 4.31 Å². The summed E-state index contributed by atoms with van der Waals surface area (Å²) in [5.74, 6) is -0.150. The van der Waals surface area contributed by atoms with Crippen molar-refractivity contribution in [2.24, 2.45) is 10.9 Å². The molecule has 16 heavy (non-hydrogen) atoms. The third-order valence-corrected chi connectivity index (χ3v) is 4.74. The average molecular weight is 252 g/mol. The highest BCUT2D eigenvalue weighted by molar-refractivity contribution is 7.86. The van der Waals surface area contributed by atoms with E-state index in [1.807, 2.05) is 0 Å². The Kier molecular flexibility index (Phi) is 5.17. The number of rotatable bonds is 5. The summed E-state index contributed by atoms with van der Waals surface area (Å²) in [5.41, 5.74) is 5.37. The van der Waals surface area contributed by atoms with E-state index in [0.29, 0.717) is 0 Å². The van der Waals surface area contributed by atoms with Crippen LogP contribution in [0.25, 0.3) is 0 Å². The Labute approximate surface area is 96.7 Å². The number of hydrogen-bond acceptors (Lipinski definition) is 4. The van der Waals surface area contributed by atoms with Gasteiger partial charge in [0.15, 0.2) is 5.84 Å². The fourth-order valence-corrected chi connectivity index (χ4v) is 2.39. The van der Waals surface area contributed by atoms with Crippen LogP contribution < -0.4 is 5.73 Å². The van der Waals surface area contributed by atoms with Gasteiger partial charge in [-0.05, 0) is 20.8 Å². The second-order valence-corrected chi connectivity index (χ2v) is 5.88. The van der Waals surface area contributed by atoms with Crippen LogP contribution in [-0.2, 0) is 10.2 Å². The first-order chi connectivity index (χ1) is 7.16. The smallest absolute Gasteiger partial charge is 0.282 e. The number of amidine groups is 1. The van der Waals surface area contributed by atoms with Crippen LogP contribution >= 0.6 is 0 Å². The molecule has 7 nitrogen and oxygen atoms in total. The highest BCUT2D eigenvalue weighted by atomic mass is 32.2. The van der Waals surface area contributed by atoms with Crippen LogP contribution in [-0.4, -0.2) is 54.3 Å². The first-order valence-electron chi connectivity index (χ1n) is 4.84. The predicted molar refractivity (Wildman–Crippen MR) is 62.5 cm³/mol. The quantitative estimate of drug-likeness (QED) is 0.302. The van der Waals surface area contributed by atoms with Gasteiger partial charge in [-0.25, -0.2) is 0 Å². The maximum atomic E-state index is 12.0. The van der Waals surface area contributed by atoms with Gasteiger partial charge in [-0.15, -0.1) is 0 Å². The molecule has 0 saturated heterocycles. The third kappa shape index (κ3) is 3.06. The Morgan fingerprint density at radius 1 is 1.25 bits per heavy atom. The largest absolute Gasteiger partial charge is 0.409 e. The minimum Gasteiger partial charge on any atom is -0.409 e. The van der Waals surface area contributed by atoms with Crippen LogP contribution in [0.3, 0.4) is 0 Å². The summed E-state index contributed by atoms with van der Waals surface area (Å²) in [6.07, 6.45) is 0. The van der Waals surface area contributed by atoms with E-state index >= 15 is 0 Å². The second-order valence-electron chi connectivity index (χ2n) is 3.83. The predicted octanol–water partition coefficient (Wildman–Crippen LogP) is -0.362. The van der Waals surface area contributed by atoms with Crippen LogP contribution in [0.1, 0.15) is 20.8 Å². The van der Waals surface area contributed by atoms with Crippen molar-refractivity contribution >= 4 is 16.0 Å². The molecule has 0 heterocycles. The van der Waals surface area contributed by atoms with Gasteiger partial charge in [-0.2, -0.15) is 17.0 Å². The fraction of sp³-hybridized carbons (Fsp3) is 0.875. The van der Waals surface area contributed by atoms with Gasteiger partial charge in [0.1, 0.15) is 0 Å². The minimum absolute atomic E-state index is 0.150. The van der Waals surface area contributed by atoms with Crippen molar-refractivity contribution in [1.29, 1.82) is 0 Å². The summed E-state index contributed by atoms with van der Waals surface area (Å²) in [4.78, 5) is 0. The number of hydrogen-bond donors (Lipinski definition) is 2. The first kappa shape index (κ1) is 15.1. The summed E-state index contributed by atoms with van der Waals surface area (Å²) in [6.45, 7) is 5.07. The molecule has 0 aromatic heterocycles. The molecule has 1 atom stereocenters. The molecule has 0 spiro atoms. The lowest BCUT2D eigenvalue weighted by Crippen LogP contribution is -2.50. The molecular formula is C8H20N4O3S. The van der Waals surface area contributed by atoms with Gasteiger partial charge in [-0.3, -0.25) is 0 Å². The van der Waals surface area contributed by atoms with E-state index in [9.17, 15) is 8.42 Å². The van der Waals surface area contributed by atoms with Crippen LogP contribution in [0.15, 0.2) is 5.16 Å². The summed E-state index contributed by atoms with van der Waals surface area (Å²) in [7, 11) is -0.730. The molecule has 0 saturated carbocycles. The molecule has 0 radical (unpaired) electrons. The van der Waals surface area contributed by atoms with E-state index in [4.69, 9.17) is 10.9 Å². The van der Waals surface area contributed by atoms with Crippen LogP contribution in [0.4, 0.5) is 0 Å². The van der Waals surface area contributed by atoms with Gasteiger partial charge in [0.25, 0.3) is 10.2 Å². The molecule has 0 aliphatic rings. The van der Waals surface area contributed by atoms with Crippen molar-refractivity contribution in [3.8, 4) is 0 Å². The molecule has 96 valence electrons. The maximum absolute atomic E-state index is 12.0. The lowest BCUT2D eigenvalue weighted by molar-refractivity contribution is 0.307. The lowest BCUT2D eigenvalue weighted by Gasteiger charge is -2.30. The van der Waals surface area contributed by atoms with Crippen molar-refractivity contribution < 1.29 is 13.6 Å². The van der Waals surface area contributed by atoms with Crippen LogP contribution in [0.5, 0.6) is 0 Å². The molecule has 0 aromatic carbocycles. The van der Waals surface area contributed by atoms with Crippen LogP contribution in [0.2, 0.25) is 0 Å². The minimum atomic E-state index is -3.60. The number of oxime groups is 1. The molecular weight excluding hydrogens is 232 g/mol. The fourth-order valence-electron chi connectivity index (χ4n) is 0.939. The second kappa shape index (κ2) is 5.46. The SMILES string of the molecule is CC(C)N(C)S(=O)(=O)N(C)C(C)C(N)=NO. The highest BCUT2D eigenvalue weighted by Crippen LogP contribution is 2.11. The van der Waals surface area contributed by atoms with Gasteiger partial charge in [0, 0.05) is 20.1 Å². The van der Waals surface area contributed by atoms with E-state index in [1.54, 1.807) is 20.8 Å². The monoisotopic (exact) mass is 252 g/mol. The van der Waals surface area contributed by atoms with Gasteiger partial charge < -0.3 is 10.9 Å². The Morgan fingerprint density at radius 3 is 2.00 bits per heavy atom. The topological polar surface area (TPSA) is 99.2 Å². The average Bonchev–Trinajstić information content (AvgIpc) is 2.24.